The zero-order chi connectivity index (χ0) is 20.4. The molecule has 1 aliphatic rings. The number of benzene rings is 3. The quantitative estimate of drug-likeness (QED) is 0.665. The van der Waals surface area contributed by atoms with Crippen molar-refractivity contribution in [1.82, 2.24) is 0 Å². The van der Waals surface area contributed by atoms with Gasteiger partial charge >= 0.3 is 0 Å². The highest BCUT2D eigenvalue weighted by molar-refractivity contribution is 7.92. The highest BCUT2D eigenvalue weighted by Crippen LogP contribution is 2.34. The average Bonchev–Trinajstić information content (AvgIpc) is 3.17. The van der Waals surface area contributed by atoms with E-state index in [1.807, 2.05) is 0 Å². The molecule has 29 heavy (non-hydrogen) atoms. The van der Waals surface area contributed by atoms with Crippen LogP contribution in [0.15, 0.2) is 71.6 Å². The smallest absolute Gasteiger partial charge is 0.261 e. The number of anilines is 2. The number of nitrogens with one attached hydrogen (secondary N) is 2. The predicted octanol–water partition coefficient (Wildman–Crippen LogP) is 3.61. The Bertz CT molecular complexity index is 1160. The van der Waals surface area contributed by atoms with Gasteiger partial charge in [-0.25, -0.2) is 12.8 Å². The SMILES string of the molecule is O=C(Nc1ccc2c(c1)OCO2)c1ccc(S(=O)(=O)Nc2ccc(F)cc2)cc1. The lowest BCUT2D eigenvalue weighted by Gasteiger charge is -2.09. The van der Waals surface area contributed by atoms with E-state index in [1.54, 1.807) is 18.2 Å². The second-order valence-electron chi connectivity index (χ2n) is 6.16. The van der Waals surface area contributed by atoms with Crippen molar-refractivity contribution in [2.75, 3.05) is 16.8 Å². The van der Waals surface area contributed by atoms with Gasteiger partial charge in [0.2, 0.25) is 6.79 Å². The topological polar surface area (TPSA) is 93.7 Å². The Morgan fingerprint density at radius 2 is 1.52 bits per heavy atom. The summed E-state index contributed by atoms with van der Waals surface area (Å²) in [6, 6.07) is 15.4. The molecule has 0 aromatic heterocycles. The maximum Gasteiger partial charge on any atom is 0.261 e. The molecule has 0 radical (unpaired) electrons. The molecule has 3 aromatic carbocycles. The zero-order valence-corrected chi connectivity index (χ0v) is 15.7. The summed E-state index contributed by atoms with van der Waals surface area (Å²) in [6.07, 6.45) is 0. The van der Waals surface area contributed by atoms with E-state index in [-0.39, 0.29) is 22.9 Å². The standard InChI is InChI=1S/C20H15FN2O5S/c21-14-3-5-15(6-4-14)23-29(25,26)17-8-1-13(2-9-17)20(24)22-16-7-10-18-19(11-16)28-12-27-18/h1-11,23H,12H2,(H,22,24). The molecule has 0 unspecified atom stereocenters. The second-order valence-corrected chi connectivity index (χ2v) is 7.84. The molecular weight excluding hydrogens is 399 g/mol. The van der Waals surface area contributed by atoms with Crippen LogP contribution in [0.3, 0.4) is 0 Å². The van der Waals surface area contributed by atoms with Crippen molar-refractivity contribution < 1.29 is 27.1 Å². The van der Waals surface area contributed by atoms with Crippen LogP contribution in [0.25, 0.3) is 0 Å². The van der Waals surface area contributed by atoms with E-state index in [9.17, 15) is 17.6 Å². The Morgan fingerprint density at radius 1 is 0.862 bits per heavy atom. The number of ether oxygens (including phenoxy) is 2. The fourth-order valence-electron chi connectivity index (χ4n) is 2.70. The maximum atomic E-state index is 13.0. The first-order valence-corrected chi connectivity index (χ1v) is 9.98. The lowest BCUT2D eigenvalue weighted by Crippen LogP contribution is -2.14. The molecule has 0 saturated carbocycles. The van der Waals surface area contributed by atoms with Gasteiger partial charge in [-0.3, -0.25) is 9.52 Å². The van der Waals surface area contributed by atoms with Gasteiger partial charge in [-0.1, -0.05) is 0 Å². The summed E-state index contributed by atoms with van der Waals surface area (Å²) >= 11 is 0. The van der Waals surface area contributed by atoms with E-state index < -0.39 is 21.7 Å². The Labute approximate surface area is 166 Å². The summed E-state index contributed by atoms with van der Waals surface area (Å²) in [6.45, 7) is 0.134. The van der Waals surface area contributed by atoms with Crippen LogP contribution in [0.1, 0.15) is 10.4 Å². The molecule has 3 aromatic rings. The Balaban J connectivity index is 1.46. The van der Waals surface area contributed by atoms with Crippen molar-refractivity contribution in [3.8, 4) is 11.5 Å². The molecule has 0 spiro atoms. The monoisotopic (exact) mass is 414 g/mol. The fourth-order valence-corrected chi connectivity index (χ4v) is 3.75. The van der Waals surface area contributed by atoms with Gasteiger partial charge in [0.1, 0.15) is 5.82 Å². The summed E-state index contributed by atoms with van der Waals surface area (Å²) in [5.74, 6) is 0.271. The lowest BCUT2D eigenvalue weighted by atomic mass is 10.2. The molecule has 0 fully saturated rings. The Kier molecular flexibility index (Phi) is 4.81. The largest absolute Gasteiger partial charge is 0.454 e. The third kappa shape index (κ3) is 4.14. The number of fused-ring (bicyclic) bond motifs is 1. The van der Waals surface area contributed by atoms with Crippen LogP contribution in [0, 0.1) is 5.82 Å². The van der Waals surface area contributed by atoms with Crippen LogP contribution in [0.4, 0.5) is 15.8 Å². The minimum Gasteiger partial charge on any atom is -0.454 e. The number of amides is 1. The first kappa shape index (κ1) is 18.8. The second kappa shape index (κ2) is 7.44. The molecule has 148 valence electrons. The van der Waals surface area contributed by atoms with Crippen LogP contribution < -0.4 is 19.5 Å². The first-order valence-electron chi connectivity index (χ1n) is 8.50. The zero-order valence-electron chi connectivity index (χ0n) is 14.9. The van der Waals surface area contributed by atoms with Crippen molar-refractivity contribution in [2.45, 2.75) is 4.90 Å². The van der Waals surface area contributed by atoms with Crippen LogP contribution in [-0.2, 0) is 10.0 Å². The Morgan fingerprint density at radius 3 is 2.24 bits per heavy atom. The molecule has 1 heterocycles. The minimum atomic E-state index is -3.87. The molecular formula is C20H15FN2O5S. The normalized spacial score (nSPS) is 12.4. The molecule has 7 nitrogen and oxygen atoms in total. The molecule has 0 atom stereocenters. The third-order valence-corrected chi connectivity index (χ3v) is 5.55. The van der Waals surface area contributed by atoms with Gasteiger partial charge in [-0.2, -0.15) is 0 Å². The molecule has 4 rings (SSSR count). The molecule has 0 bridgehead atoms. The lowest BCUT2D eigenvalue weighted by molar-refractivity contribution is 0.102. The predicted molar refractivity (Wildman–Crippen MR) is 104 cm³/mol. The van der Waals surface area contributed by atoms with Gasteiger partial charge in [-0.15, -0.1) is 0 Å². The Hall–Kier alpha value is -3.59. The number of carbonyl (C=O) groups is 1. The molecule has 0 saturated heterocycles. The molecule has 1 amide bonds. The molecule has 0 aliphatic carbocycles. The summed E-state index contributed by atoms with van der Waals surface area (Å²) in [4.78, 5) is 12.4. The van der Waals surface area contributed by atoms with Crippen LogP contribution >= 0.6 is 0 Å². The van der Waals surface area contributed by atoms with Crippen molar-refractivity contribution in [2.24, 2.45) is 0 Å². The molecule has 2 N–H and O–H groups in total. The summed E-state index contributed by atoms with van der Waals surface area (Å²) in [7, 11) is -3.87. The summed E-state index contributed by atoms with van der Waals surface area (Å²) in [5.41, 5.74) is 1.04. The summed E-state index contributed by atoms with van der Waals surface area (Å²) in [5, 5.41) is 2.72. The van der Waals surface area contributed by atoms with Gasteiger partial charge in [0.15, 0.2) is 11.5 Å². The van der Waals surface area contributed by atoms with Gasteiger partial charge in [0.05, 0.1) is 4.90 Å². The highest BCUT2D eigenvalue weighted by atomic mass is 32.2. The number of sulfonamides is 1. The minimum absolute atomic E-state index is 0.0264. The van der Waals surface area contributed by atoms with Gasteiger partial charge in [-0.05, 0) is 60.7 Å². The van der Waals surface area contributed by atoms with Crippen molar-refractivity contribution in [1.29, 1.82) is 0 Å². The van der Waals surface area contributed by atoms with Crippen molar-refractivity contribution in [3.05, 3.63) is 78.1 Å². The number of hydrogen-bond donors (Lipinski definition) is 2. The van der Waals surface area contributed by atoms with E-state index in [4.69, 9.17) is 9.47 Å². The third-order valence-electron chi connectivity index (χ3n) is 4.15. The number of rotatable bonds is 5. The molecule has 1 aliphatic heterocycles. The van der Waals surface area contributed by atoms with E-state index in [1.165, 1.54) is 36.4 Å². The number of hydrogen-bond acceptors (Lipinski definition) is 5. The van der Waals surface area contributed by atoms with Crippen LogP contribution in [-0.4, -0.2) is 21.1 Å². The number of carbonyl (C=O) groups excluding carboxylic acids is 1. The average molecular weight is 414 g/mol. The van der Waals surface area contributed by atoms with Crippen molar-refractivity contribution >= 4 is 27.3 Å². The van der Waals surface area contributed by atoms with Crippen LogP contribution in [0.2, 0.25) is 0 Å². The fraction of sp³-hybridized carbons (Fsp3) is 0.0500. The van der Waals surface area contributed by atoms with Gasteiger partial charge in [0, 0.05) is 23.0 Å². The highest BCUT2D eigenvalue weighted by Gasteiger charge is 2.17. The van der Waals surface area contributed by atoms with E-state index in [0.29, 0.717) is 17.2 Å². The van der Waals surface area contributed by atoms with E-state index >= 15 is 0 Å². The molecule has 9 heteroatoms. The maximum absolute atomic E-state index is 13.0. The van der Waals surface area contributed by atoms with Crippen molar-refractivity contribution in [3.63, 3.8) is 0 Å². The first-order chi connectivity index (χ1) is 13.9. The number of halogens is 1. The van der Waals surface area contributed by atoms with E-state index in [0.717, 1.165) is 12.1 Å². The van der Waals surface area contributed by atoms with Crippen LogP contribution in [0.5, 0.6) is 11.5 Å². The van der Waals surface area contributed by atoms with E-state index in [2.05, 4.69) is 10.0 Å². The van der Waals surface area contributed by atoms with Gasteiger partial charge in [0.25, 0.3) is 15.9 Å². The summed E-state index contributed by atoms with van der Waals surface area (Å²) < 4.78 is 50.7. The van der Waals surface area contributed by atoms with Gasteiger partial charge < -0.3 is 14.8 Å².